The highest BCUT2D eigenvalue weighted by atomic mass is 31.2. The fourth-order valence-corrected chi connectivity index (χ4v) is 4.87. The Labute approximate surface area is 111 Å². The van der Waals surface area contributed by atoms with E-state index >= 15 is 0 Å². The van der Waals surface area contributed by atoms with Gasteiger partial charge < -0.3 is 4.42 Å². The molecular weight excluding hydrogens is 238 g/mol. The Morgan fingerprint density at radius 2 is 1.72 bits per heavy atom. The third kappa shape index (κ3) is 2.54. The van der Waals surface area contributed by atoms with Gasteiger partial charge >= 0.3 is 7.57 Å². The molecule has 1 atom stereocenters. The molecule has 1 aromatic carbocycles. The summed E-state index contributed by atoms with van der Waals surface area (Å²) in [4.78, 5) is 0. The molecule has 0 saturated carbocycles. The minimum atomic E-state index is -1.79. The number of benzene rings is 1. The zero-order valence-electron chi connectivity index (χ0n) is 11.3. The molecule has 2 radical (unpaired) electrons. The first-order valence-electron chi connectivity index (χ1n) is 6.18. The molecule has 1 heterocycles. The van der Waals surface area contributed by atoms with E-state index in [1.54, 1.807) is 6.26 Å². The molecule has 0 fully saturated rings. The Kier molecular flexibility index (Phi) is 3.68. The van der Waals surface area contributed by atoms with Gasteiger partial charge in [0.05, 0.1) is 16.7 Å². The molecule has 1 unspecified atom stereocenters. The molecule has 92 valence electrons. The van der Waals surface area contributed by atoms with Crippen molar-refractivity contribution in [2.24, 2.45) is 0 Å². The molecule has 0 spiro atoms. The average Bonchev–Trinajstić information content (AvgIpc) is 2.81. The van der Waals surface area contributed by atoms with Gasteiger partial charge in [-0.15, -0.1) is 0 Å². The lowest BCUT2D eigenvalue weighted by Crippen LogP contribution is -2.30. The van der Waals surface area contributed by atoms with Crippen LogP contribution >= 0.6 is 7.14 Å². The van der Waals surface area contributed by atoms with E-state index in [-0.39, 0.29) is 5.16 Å². The van der Waals surface area contributed by atoms with Crippen LogP contribution in [0, 0.1) is 0 Å². The van der Waals surface area contributed by atoms with E-state index in [2.05, 4.69) is 45.0 Å². The highest BCUT2D eigenvalue weighted by Crippen LogP contribution is 2.65. The maximum absolute atomic E-state index is 6.84. The Morgan fingerprint density at radius 1 is 1.06 bits per heavy atom. The van der Waals surface area contributed by atoms with Gasteiger partial charge in [0.15, 0.2) is 0 Å². The average molecular weight is 257 g/mol. The molecule has 1 aromatic heterocycles. The van der Waals surface area contributed by atoms with Crippen molar-refractivity contribution in [3.63, 3.8) is 0 Å². The van der Waals surface area contributed by atoms with Crippen LogP contribution in [0.3, 0.4) is 0 Å². The number of hydrogen-bond donors (Lipinski definition) is 0. The van der Waals surface area contributed by atoms with Gasteiger partial charge in [-0.3, -0.25) is 0 Å². The summed E-state index contributed by atoms with van der Waals surface area (Å²) in [6.07, 6.45) is 2.53. The summed E-state index contributed by atoms with van der Waals surface area (Å²) in [5, 5.41) is 1.31. The molecule has 0 N–H and O–H groups in total. The Hall–Kier alpha value is -1.01. The summed E-state index contributed by atoms with van der Waals surface area (Å²) in [6.45, 7) is 6.66. The molecule has 0 aliphatic heterocycles. The van der Waals surface area contributed by atoms with Crippen LogP contribution in [0.25, 0.3) is 0 Å². The van der Waals surface area contributed by atoms with Crippen LogP contribution in [0.4, 0.5) is 0 Å². The first-order chi connectivity index (χ1) is 8.43. The maximum Gasteiger partial charge on any atom is 0.372 e. The van der Waals surface area contributed by atoms with Gasteiger partial charge in [-0.2, -0.15) is 0 Å². The third-order valence-corrected chi connectivity index (χ3v) is 7.82. The monoisotopic (exact) mass is 257 g/mol. The number of furan rings is 1. The molecule has 0 aliphatic rings. The van der Waals surface area contributed by atoms with E-state index in [9.17, 15) is 0 Å². The standard InChI is InChI=1S/C15H19BOP/c1-15(2,3)18(16,12-13-8-7-11-17-13)14-9-5-4-6-10-14/h4-11H,12H2,1-3H3/q+1. The Bertz CT molecular complexity index is 487. The third-order valence-electron chi connectivity index (χ3n) is 3.40. The van der Waals surface area contributed by atoms with E-state index < -0.39 is 7.14 Å². The quantitative estimate of drug-likeness (QED) is 0.598. The van der Waals surface area contributed by atoms with Crippen molar-refractivity contribution in [3.05, 3.63) is 54.5 Å². The van der Waals surface area contributed by atoms with Crippen LogP contribution in [0.5, 0.6) is 0 Å². The largest absolute Gasteiger partial charge is 0.466 e. The van der Waals surface area contributed by atoms with Gasteiger partial charge in [-0.1, -0.05) is 18.2 Å². The molecule has 18 heavy (non-hydrogen) atoms. The minimum Gasteiger partial charge on any atom is -0.466 e. The van der Waals surface area contributed by atoms with Crippen molar-refractivity contribution in [2.75, 3.05) is 0 Å². The summed E-state index contributed by atoms with van der Waals surface area (Å²) < 4.78 is 5.49. The summed E-state index contributed by atoms with van der Waals surface area (Å²) in [5.41, 5.74) is 0. The van der Waals surface area contributed by atoms with E-state index in [0.29, 0.717) is 0 Å². The number of hydrogen-bond acceptors (Lipinski definition) is 1. The second-order valence-electron chi connectivity index (χ2n) is 5.61. The Balaban J connectivity index is 2.42. The van der Waals surface area contributed by atoms with Crippen LogP contribution < -0.4 is 5.30 Å². The van der Waals surface area contributed by atoms with Gasteiger partial charge in [0.1, 0.15) is 11.9 Å². The molecule has 2 aromatic rings. The minimum absolute atomic E-state index is 0.0567. The van der Waals surface area contributed by atoms with Gasteiger partial charge in [0.2, 0.25) is 0 Å². The topological polar surface area (TPSA) is 13.1 Å². The van der Waals surface area contributed by atoms with Crippen molar-refractivity contribution < 1.29 is 4.42 Å². The fourth-order valence-electron chi connectivity index (χ4n) is 2.06. The molecule has 0 bridgehead atoms. The SMILES string of the molecule is [B][P+](Cc1ccco1)(c1ccccc1)C(C)(C)C. The van der Waals surface area contributed by atoms with Crippen LogP contribution in [-0.2, 0) is 6.16 Å². The second-order valence-corrected chi connectivity index (χ2v) is 9.52. The first kappa shape index (κ1) is 13.4. The molecule has 1 nitrogen and oxygen atoms in total. The van der Waals surface area contributed by atoms with E-state index in [4.69, 9.17) is 12.0 Å². The smallest absolute Gasteiger partial charge is 0.372 e. The van der Waals surface area contributed by atoms with Gasteiger partial charge in [0, 0.05) is 7.14 Å². The highest BCUT2D eigenvalue weighted by molar-refractivity contribution is 8.03. The van der Waals surface area contributed by atoms with Crippen molar-refractivity contribution in [3.8, 4) is 0 Å². The van der Waals surface area contributed by atoms with Crippen molar-refractivity contribution in [1.82, 2.24) is 0 Å². The molecule has 3 heteroatoms. The van der Waals surface area contributed by atoms with Crippen molar-refractivity contribution >= 4 is 20.0 Å². The predicted octanol–water partition coefficient (Wildman–Crippen LogP) is 4.00. The summed E-state index contributed by atoms with van der Waals surface area (Å²) in [6, 6.07) is 14.4. The zero-order valence-corrected chi connectivity index (χ0v) is 12.2. The van der Waals surface area contributed by atoms with Crippen LogP contribution in [0.15, 0.2) is 53.1 Å². The van der Waals surface area contributed by atoms with E-state index in [1.807, 2.05) is 18.2 Å². The van der Waals surface area contributed by atoms with Crippen molar-refractivity contribution in [2.45, 2.75) is 32.1 Å². The molecule has 2 rings (SSSR count). The molecule has 0 aliphatic carbocycles. The second kappa shape index (κ2) is 4.94. The first-order valence-corrected chi connectivity index (χ1v) is 8.22. The Morgan fingerprint density at radius 3 is 2.22 bits per heavy atom. The predicted molar refractivity (Wildman–Crippen MR) is 80.9 cm³/mol. The lowest BCUT2D eigenvalue weighted by Gasteiger charge is -2.35. The van der Waals surface area contributed by atoms with Crippen LogP contribution in [-0.4, -0.2) is 12.7 Å². The van der Waals surface area contributed by atoms with Gasteiger partial charge in [-0.25, -0.2) is 0 Å². The number of rotatable bonds is 3. The zero-order chi connectivity index (χ0) is 13.2. The molecular formula is C15H19BOP+. The maximum atomic E-state index is 6.84. The molecule has 0 saturated heterocycles. The van der Waals surface area contributed by atoms with Crippen LogP contribution in [0.1, 0.15) is 26.5 Å². The van der Waals surface area contributed by atoms with Gasteiger partial charge in [-0.05, 0) is 45.0 Å². The van der Waals surface area contributed by atoms with E-state index in [1.165, 1.54) is 5.30 Å². The molecule has 0 amide bonds. The summed E-state index contributed by atoms with van der Waals surface area (Å²) in [7, 11) is 5.05. The van der Waals surface area contributed by atoms with E-state index in [0.717, 1.165) is 11.9 Å². The lowest BCUT2D eigenvalue weighted by molar-refractivity contribution is 0.528. The van der Waals surface area contributed by atoms with Crippen molar-refractivity contribution in [1.29, 1.82) is 0 Å². The summed E-state index contributed by atoms with van der Waals surface area (Å²) in [5.74, 6) is 0.976. The summed E-state index contributed by atoms with van der Waals surface area (Å²) >= 11 is 0. The lowest BCUT2D eigenvalue weighted by atomic mass is 10.2. The highest BCUT2D eigenvalue weighted by Gasteiger charge is 2.47. The normalized spacial score (nSPS) is 15.3. The van der Waals surface area contributed by atoms with Crippen LogP contribution in [0.2, 0.25) is 0 Å². The fraction of sp³-hybridized carbons (Fsp3) is 0.333. The van der Waals surface area contributed by atoms with Gasteiger partial charge in [0.25, 0.3) is 0 Å².